The Kier molecular flexibility index (Phi) is 8.93. The molecule has 0 radical (unpaired) electrons. The number of hydrogen-bond donors (Lipinski definition) is 1. The Hall–Kier alpha value is -4.32. The SMILES string of the molecule is COc1ccc([Si](C)(C)[C@@H]2[C@@H](CCn3cc(CCO)nn3)O[C@]3(C(=O)N(Cc4cccc(N5CCCC5=O)c4)c4ccccc43)[C@H]2C)cc1. The Balaban J connectivity index is 1.25. The number of benzene rings is 3. The highest BCUT2D eigenvalue weighted by Crippen LogP contribution is 2.60. The Morgan fingerprint density at radius 2 is 1.86 bits per heavy atom. The lowest BCUT2D eigenvalue weighted by Gasteiger charge is -2.37. The first-order valence-electron chi connectivity index (χ1n) is 17.3. The number of aromatic nitrogens is 3. The largest absolute Gasteiger partial charge is 0.497 e. The monoisotopic (exact) mass is 679 g/mol. The second-order valence-electron chi connectivity index (χ2n) is 14.1. The molecule has 3 aliphatic heterocycles. The van der Waals surface area contributed by atoms with Gasteiger partial charge in [0.05, 0.1) is 39.2 Å². The average molecular weight is 680 g/mol. The van der Waals surface area contributed by atoms with Crippen molar-refractivity contribution in [2.45, 2.75) is 76.0 Å². The number of hydrogen-bond acceptors (Lipinski definition) is 7. The van der Waals surface area contributed by atoms with Gasteiger partial charge in [-0.15, -0.1) is 5.10 Å². The van der Waals surface area contributed by atoms with E-state index in [2.05, 4.69) is 48.5 Å². The molecule has 2 fully saturated rings. The molecule has 4 aromatic rings. The smallest absolute Gasteiger partial charge is 0.264 e. The number of carbonyl (C=O) groups excluding carboxylic acids is 2. The summed E-state index contributed by atoms with van der Waals surface area (Å²) in [6.45, 7) is 8.67. The molecule has 4 atom stereocenters. The van der Waals surface area contributed by atoms with Crippen LogP contribution < -0.4 is 19.7 Å². The first kappa shape index (κ1) is 33.2. The molecule has 1 N–H and O–H groups in total. The van der Waals surface area contributed by atoms with Crippen LogP contribution in [-0.4, -0.2) is 66.4 Å². The van der Waals surface area contributed by atoms with Gasteiger partial charge in [0.15, 0.2) is 5.60 Å². The van der Waals surface area contributed by atoms with Gasteiger partial charge in [-0.1, -0.05) is 72.9 Å². The highest BCUT2D eigenvalue weighted by Gasteiger charge is 2.66. The molecule has 10 nitrogen and oxygen atoms in total. The number of nitrogens with zero attached hydrogens (tertiary/aromatic N) is 5. The summed E-state index contributed by atoms with van der Waals surface area (Å²) in [5.41, 5.74) is 3.33. The Bertz CT molecular complexity index is 1840. The fourth-order valence-corrected chi connectivity index (χ4v) is 12.6. The number of fused-ring (bicyclic) bond motifs is 2. The molecule has 11 heteroatoms. The molecular formula is C38H45N5O5Si. The first-order chi connectivity index (χ1) is 23.7. The van der Waals surface area contributed by atoms with Crippen LogP contribution in [0.1, 0.15) is 43.0 Å². The summed E-state index contributed by atoms with van der Waals surface area (Å²) in [5.74, 6) is 0.801. The zero-order valence-electron chi connectivity index (χ0n) is 28.7. The van der Waals surface area contributed by atoms with Crippen molar-refractivity contribution in [3.63, 3.8) is 0 Å². The van der Waals surface area contributed by atoms with E-state index in [1.807, 2.05) is 75.3 Å². The number of aliphatic hydroxyl groups excluding tert-OH is 1. The molecular weight excluding hydrogens is 635 g/mol. The molecule has 0 aliphatic carbocycles. The normalized spacial score (nSPS) is 23.6. The van der Waals surface area contributed by atoms with Crippen molar-refractivity contribution >= 4 is 36.4 Å². The summed E-state index contributed by atoms with van der Waals surface area (Å²) in [4.78, 5) is 31.3. The number of carbonyl (C=O) groups is 2. The number of para-hydroxylation sites is 1. The summed E-state index contributed by atoms with van der Waals surface area (Å²) < 4.78 is 14.5. The predicted molar refractivity (Wildman–Crippen MR) is 191 cm³/mol. The van der Waals surface area contributed by atoms with Crippen molar-refractivity contribution in [1.82, 2.24) is 15.0 Å². The number of amides is 2. The summed E-state index contributed by atoms with van der Waals surface area (Å²) >= 11 is 0. The molecule has 7 rings (SSSR count). The van der Waals surface area contributed by atoms with E-state index in [-0.39, 0.29) is 36.0 Å². The Morgan fingerprint density at radius 3 is 2.59 bits per heavy atom. The third-order valence-corrected chi connectivity index (χ3v) is 15.3. The van der Waals surface area contributed by atoms with Gasteiger partial charge in [0, 0.05) is 55.9 Å². The van der Waals surface area contributed by atoms with E-state index in [1.54, 1.807) is 7.11 Å². The van der Waals surface area contributed by atoms with Crippen LogP contribution in [0.5, 0.6) is 5.75 Å². The zero-order chi connectivity index (χ0) is 34.3. The second kappa shape index (κ2) is 13.2. The minimum Gasteiger partial charge on any atom is -0.497 e. The molecule has 4 heterocycles. The number of aryl methyl sites for hydroxylation is 1. The van der Waals surface area contributed by atoms with Gasteiger partial charge in [-0.3, -0.25) is 14.3 Å². The molecule has 1 spiro atoms. The number of ether oxygens (including phenoxy) is 2. The molecule has 0 unspecified atom stereocenters. The summed E-state index contributed by atoms with van der Waals surface area (Å²) in [6.07, 6.45) is 4.21. The van der Waals surface area contributed by atoms with Gasteiger partial charge in [-0.25, -0.2) is 0 Å². The minimum atomic E-state index is -2.29. The van der Waals surface area contributed by atoms with Crippen molar-refractivity contribution in [3.05, 3.63) is 95.8 Å². The van der Waals surface area contributed by atoms with E-state index in [1.165, 1.54) is 5.19 Å². The molecule has 2 amide bonds. The van der Waals surface area contributed by atoms with Crippen LogP contribution in [0, 0.1) is 5.92 Å². The van der Waals surface area contributed by atoms with Crippen molar-refractivity contribution in [2.24, 2.45) is 5.92 Å². The second-order valence-corrected chi connectivity index (χ2v) is 18.8. The van der Waals surface area contributed by atoms with Gasteiger partial charge in [0.2, 0.25) is 5.91 Å². The number of methoxy groups -OCH3 is 1. The topological polar surface area (TPSA) is 110 Å². The Morgan fingerprint density at radius 1 is 1.06 bits per heavy atom. The van der Waals surface area contributed by atoms with Gasteiger partial charge in [-0.2, -0.15) is 0 Å². The summed E-state index contributed by atoms with van der Waals surface area (Å²) in [7, 11) is -0.613. The summed E-state index contributed by atoms with van der Waals surface area (Å²) in [5, 5.41) is 19.2. The van der Waals surface area contributed by atoms with E-state index in [9.17, 15) is 9.90 Å². The molecule has 3 aromatic carbocycles. The van der Waals surface area contributed by atoms with Crippen molar-refractivity contribution in [3.8, 4) is 5.75 Å². The molecule has 49 heavy (non-hydrogen) atoms. The van der Waals surface area contributed by atoms with E-state index < -0.39 is 13.7 Å². The maximum absolute atomic E-state index is 15.1. The standard InChI is InChI=1S/C38H45N5O5Si/c1-26-36(49(3,4)31-16-14-30(47-2)15-17-31)34(18-21-41-25-28(19-22-44)39-40-41)48-38(26)32-11-5-6-12-33(32)43(37(38)46)24-27-9-7-10-29(23-27)42-20-8-13-35(42)45/h5-7,9-12,14-17,23,25-26,34,36,44H,8,13,18-22,24H2,1-4H3/t26-,34+,36-,38+/m0/s1. The van der Waals surface area contributed by atoms with E-state index >= 15 is 4.79 Å². The van der Waals surface area contributed by atoms with Crippen molar-refractivity contribution < 1.29 is 24.2 Å². The average Bonchev–Trinajstić information content (AvgIpc) is 3.87. The molecule has 256 valence electrons. The lowest BCUT2D eigenvalue weighted by Crippen LogP contribution is -2.51. The van der Waals surface area contributed by atoms with Crippen molar-refractivity contribution in [2.75, 3.05) is 30.1 Å². The van der Waals surface area contributed by atoms with Crippen molar-refractivity contribution in [1.29, 1.82) is 0 Å². The van der Waals surface area contributed by atoms with Crippen LogP contribution >= 0.6 is 0 Å². The quantitative estimate of drug-likeness (QED) is 0.227. The minimum absolute atomic E-state index is 0.0207. The van der Waals surface area contributed by atoms with Gasteiger partial charge in [0.1, 0.15) is 5.75 Å². The maximum Gasteiger partial charge on any atom is 0.264 e. The molecule has 1 aromatic heterocycles. The number of rotatable bonds is 11. The van der Waals surface area contributed by atoms with Crippen LogP contribution in [0.4, 0.5) is 11.4 Å². The third kappa shape index (κ3) is 5.77. The van der Waals surface area contributed by atoms with E-state index in [0.717, 1.165) is 46.9 Å². The lowest BCUT2D eigenvalue weighted by molar-refractivity contribution is -0.146. The third-order valence-electron chi connectivity index (χ3n) is 11.0. The van der Waals surface area contributed by atoms with Crippen LogP contribution in [0.2, 0.25) is 18.6 Å². The highest BCUT2D eigenvalue weighted by molar-refractivity contribution is 6.91. The fraction of sp³-hybridized carbons (Fsp3) is 0.421. The number of aliphatic hydroxyl groups is 1. The van der Waals surface area contributed by atoms with E-state index in [4.69, 9.17) is 9.47 Å². The Labute approximate surface area is 288 Å². The van der Waals surface area contributed by atoms with Gasteiger partial charge in [-0.05, 0) is 54.3 Å². The van der Waals surface area contributed by atoms with Crippen LogP contribution in [-0.2, 0) is 39.4 Å². The molecule has 0 saturated carbocycles. The highest BCUT2D eigenvalue weighted by atomic mass is 28.3. The van der Waals surface area contributed by atoms with Crippen LogP contribution in [0.3, 0.4) is 0 Å². The molecule has 3 aliphatic rings. The van der Waals surface area contributed by atoms with Gasteiger partial charge < -0.3 is 24.4 Å². The molecule has 2 saturated heterocycles. The van der Waals surface area contributed by atoms with Crippen LogP contribution in [0.25, 0.3) is 0 Å². The summed E-state index contributed by atoms with van der Waals surface area (Å²) in [6, 6.07) is 24.5. The fourth-order valence-electron chi connectivity index (χ4n) is 8.56. The number of anilines is 2. The lowest BCUT2D eigenvalue weighted by atomic mass is 9.82. The maximum atomic E-state index is 15.1. The molecule has 0 bridgehead atoms. The zero-order valence-corrected chi connectivity index (χ0v) is 29.7. The van der Waals surface area contributed by atoms with Gasteiger partial charge >= 0.3 is 0 Å². The predicted octanol–water partition coefficient (Wildman–Crippen LogP) is 4.80. The van der Waals surface area contributed by atoms with E-state index in [0.29, 0.717) is 32.4 Å². The van der Waals surface area contributed by atoms with Crippen LogP contribution in [0.15, 0.2) is 79.0 Å². The van der Waals surface area contributed by atoms with Gasteiger partial charge in [0.25, 0.3) is 5.91 Å². The first-order valence-corrected chi connectivity index (χ1v) is 20.4.